The number of hydrogen-bond acceptors (Lipinski definition) is 6. The minimum atomic E-state index is -0.163. The molecule has 2 aliphatic rings. The molecule has 4 rings (SSSR count). The first-order valence-electron chi connectivity index (χ1n) is 8.09. The molecule has 8 nitrogen and oxygen atoms in total. The molecular formula is C17H18N4O4. The van der Waals surface area contributed by atoms with Gasteiger partial charge in [0.1, 0.15) is 11.9 Å². The van der Waals surface area contributed by atoms with Crippen molar-refractivity contribution in [3.63, 3.8) is 0 Å². The zero-order valence-corrected chi connectivity index (χ0v) is 13.8. The first-order chi connectivity index (χ1) is 12.2. The Morgan fingerprint density at radius 3 is 3.08 bits per heavy atom. The van der Waals surface area contributed by atoms with Crippen LogP contribution in [0.2, 0.25) is 0 Å². The third kappa shape index (κ3) is 3.42. The van der Waals surface area contributed by atoms with E-state index in [9.17, 15) is 4.79 Å². The third-order valence-corrected chi connectivity index (χ3v) is 4.09. The normalized spacial score (nSPS) is 18.3. The number of benzene rings is 1. The lowest BCUT2D eigenvalue weighted by Gasteiger charge is -2.18. The number of rotatable bonds is 3. The van der Waals surface area contributed by atoms with Crippen molar-refractivity contribution in [1.29, 1.82) is 0 Å². The van der Waals surface area contributed by atoms with Crippen molar-refractivity contribution < 1.29 is 19.0 Å². The van der Waals surface area contributed by atoms with Crippen LogP contribution in [0.3, 0.4) is 0 Å². The van der Waals surface area contributed by atoms with Crippen molar-refractivity contribution in [3.8, 4) is 17.4 Å². The van der Waals surface area contributed by atoms with Gasteiger partial charge in [0.05, 0.1) is 6.54 Å². The first-order valence-corrected chi connectivity index (χ1v) is 8.09. The highest BCUT2D eigenvalue weighted by Crippen LogP contribution is 2.34. The van der Waals surface area contributed by atoms with Crippen molar-refractivity contribution >= 4 is 11.7 Å². The molecule has 1 aromatic heterocycles. The number of carbonyl (C=O) groups is 1. The summed E-state index contributed by atoms with van der Waals surface area (Å²) in [4.78, 5) is 22.4. The summed E-state index contributed by atoms with van der Waals surface area (Å²) in [6, 6.07) is 6.89. The smallest absolute Gasteiger partial charge is 0.321 e. The predicted octanol–water partition coefficient (Wildman–Crippen LogP) is 2.20. The molecule has 0 spiro atoms. The minimum Gasteiger partial charge on any atom is -0.472 e. The maximum absolute atomic E-state index is 12.4. The molecule has 3 heterocycles. The van der Waals surface area contributed by atoms with Gasteiger partial charge in [-0.2, -0.15) is 4.98 Å². The first kappa shape index (κ1) is 15.5. The number of hydrogen-bond donors (Lipinski definition) is 1. The molecule has 1 N–H and O–H groups in total. The van der Waals surface area contributed by atoms with Crippen LogP contribution in [-0.4, -0.2) is 46.9 Å². The Morgan fingerprint density at radius 1 is 1.32 bits per heavy atom. The number of aryl methyl sites for hydroxylation is 1. The molecule has 1 saturated heterocycles. The quantitative estimate of drug-likeness (QED) is 0.920. The molecule has 0 aliphatic carbocycles. The van der Waals surface area contributed by atoms with Gasteiger partial charge >= 0.3 is 6.03 Å². The maximum Gasteiger partial charge on any atom is 0.321 e. The van der Waals surface area contributed by atoms with E-state index < -0.39 is 0 Å². The molecule has 1 atom stereocenters. The van der Waals surface area contributed by atoms with Crippen LogP contribution in [0.5, 0.6) is 17.4 Å². The number of urea groups is 1. The second kappa shape index (κ2) is 6.46. The Labute approximate surface area is 144 Å². The van der Waals surface area contributed by atoms with Crippen molar-refractivity contribution in [2.45, 2.75) is 19.4 Å². The maximum atomic E-state index is 12.4. The van der Waals surface area contributed by atoms with E-state index in [0.29, 0.717) is 42.0 Å². The van der Waals surface area contributed by atoms with Gasteiger partial charge in [0.15, 0.2) is 11.5 Å². The fraction of sp³-hybridized carbons (Fsp3) is 0.353. The minimum absolute atomic E-state index is 0.0724. The summed E-state index contributed by atoms with van der Waals surface area (Å²) in [7, 11) is 0. The molecule has 8 heteroatoms. The lowest BCUT2D eigenvalue weighted by atomic mass is 10.3. The molecule has 2 aromatic rings. The van der Waals surface area contributed by atoms with E-state index in [2.05, 4.69) is 15.3 Å². The topological polar surface area (TPSA) is 85.8 Å². The number of amides is 2. The number of aromatic nitrogens is 2. The van der Waals surface area contributed by atoms with Gasteiger partial charge in [-0.3, -0.25) is 0 Å². The summed E-state index contributed by atoms with van der Waals surface area (Å²) < 4.78 is 16.4. The summed E-state index contributed by atoms with van der Waals surface area (Å²) in [6.07, 6.45) is 2.35. The van der Waals surface area contributed by atoms with E-state index in [0.717, 1.165) is 6.42 Å². The Balaban J connectivity index is 1.34. The Bertz CT molecular complexity index is 798. The van der Waals surface area contributed by atoms with Gasteiger partial charge in [-0.05, 0) is 19.1 Å². The predicted molar refractivity (Wildman–Crippen MR) is 89.0 cm³/mol. The van der Waals surface area contributed by atoms with E-state index in [1.54, 1.807) is 35.4 Å². The molecule has 1 aromatic carbocycles. The van der Waals surface area contributed by atoms with Crippen LogP contribution in [-0.2, 0) is 0 Å². The van der Waals surface area contributed by atoms with Gasteiger partial charge in [-0.1, -0.05) is 0 Å². The van der Waals surface area contributed by atoms with Crippen molar-refractivity contribution in [2.24, 2.45) is 0 Å². The number of ether oxygens (including phenoxy) is 3. The Morgan fingerprint density at radius 2 is 2.20 bits per heavy atom. The van der Waals surface area contributed by atoms with E-state index in [-0.39, 0.29) is 18.9 Å². The molecule has 0 radical (unpaired) electrons. The second-order valence-corrected chi connectivity index (χ2v) is 5.91. The molecule has 2 amide bonds. The molecule has 2 aliphatic heterocycles. The van der Waals surface area contributed by atoms with Gasteiger partial charge in [0.2, 0.25) is 12.7 Å². The summed E-state index contributed by atoms with van der Waals surface area (Å²) >= 11 is 0. The SMILES string of the molecule is Cc1nccc(O[C@H]2CCN(C(=O)Nc3ccc4c(c3)OCO4)C2)n1. The van der Waals surface area contributed by atoms with Crippen LogP contribution in [0, 0.1) is 6.92 Å². The summed E-state index contributed by atoms with van der Waals surface area (Å²) in [6.45, 7) is 3.16. The average Bonchev–Trinajstić information content (AvgIpc) is 3.23. The van der Waals surface area contributed by atoms with Crippen LogP contribution in [0.4, 0.5) is 10.5 Å². The van der Waals surface area contributed by atoms with E-state index in [4.69, 9.17) is 14.2 Å². The fourth-order valence-corrected chi connectivity index (χ4v) is 2.86. The summed E-state index contributed by atoms with van der Waals surface area (Å²) in [5, 5.41) is 2.88. The number of fused-ring (bicyclic) bond motifs is 1. The molecule has 25 heavy (non-hydrogen) atoms. The number of likely N-dealkylation sites (tertiary alicyclic amines) is 1. The highest BCUT2D eigenvalue weighted by atomic mass is 16.7. The van der Waals surface area contributed by atoms with Gasteiger partial charge < -0.3 is 24.4 Å². The number of anilines is 1. The Hall–Kier alpha value is -3.03. The number of carbonyl (C=O) groups excluding carboxylic acids is 1. The summed E-state index contributed by atoms with van der Waals surface area (Å²) in [5.41, 5.74) is 0.671. The average molecular weight is 342 g/mol. The van der Waals surface area contributed by atoms with E-state index >= 15 is 0 Å². The highest BCUT2D eigenvalue weighted by Gasteiger charge is 2.28. The molecule has 0 saturated carbocycles. The molecule has 0 unspecified atom stereocenters. The highest BCUT2D eigenvalue weighted by molar-refractivity contribution is 5.90. The van der Waals surface area contributed by atoms with E-state index in [1.165, 1.54) is 0 Å². The van der Waals surface area contributed by atoms with Crippen molar-refractivity contribution in [3.05, 3.63) is 36.3 Å². The van der Waals surface area contributed by atoms with Crippen LogP contribution >= 0.6 is 0 Å². The summed E-state index contributed by atoms with van der Waals surface area (Å²) in [5.74, 6) is 2.52. The zero-order valence-electron chi connectivity index (χ0n) is 13.8. The number of nitrogens with zero attached hydrogens (tertiary/aromatic N) is 3. The van der Waals surface area contributed by atoms with Gasteiger partial charge in [-0.25, -0.2) is 9.78 Å². The monoisotopic (exact) mass is 342 g/mol. The van der Waals surface area contributed by atoms with Gasteiger partial charge in [0, 0.05) is 37.0 Å². The standard InChI is InChI=1S/C17H18N4O4/c1-11-18-6-4-16(19-11)25-13-5-7-21(9-13)17(22)20-12-2-3-14-15(8-12)24-10-23-14/h2-4,6,8,13H,5,7,9-10H2,1H3,(H,20,22)/t13-/m0/s1. The van der Waals surface area contributed by atoms with Crippen molar-refractivity contribution in [1.82, 2.24) is 14.9 Å². The molecule has 1 fully saturated rings. The third-order valence-electron chi connectivity index (χ3n) is 4.09. The lowest BCUT2D eigenvalue weighted by molar-refractivity contribution is 0.174. The molecule has 0 bridgehead atoms. The largest absolute Gasteiger partial charge is 0.472 e. The van der Waals surface area contributed by atoms with Crippen LogP contribution in [0.1, 0.15) is 12.2 Å². The second-order valence-electron chi connectivity index (χ2n) is 5.91. The Kier molecular flexibility index (Phi) is 4.01. The van der Waals surface area contributed by atoms with E-state index in [1.807, 2.05) is 6.92 Å². The fourth-order valence-electron chi connectivity index (χ4n) is 2.86. The lowest BCUT2D eigenvalue weighted by Crippen LogP contribution is -2.34. The van der Waals surface area contributed by atoms with Crippen LogP contribution in [0.25, 0.3) is 0 Å². The van der Waals surface area contributed by atoms with Crippen LogP contribution < -0.4 is 19.5 Å². The molecular weight excluding hydrogens is 324 g/mol. The van der Waals surface area contributed by atoms with Crippen LogP contribution in [0.15, 0.2) is 30.5 Å². The van der Waals surface area contributed by atoms with Gasteiger partial charge in [-0.15, -0.1) is 0 Å². The van der Waals surface area contributed by atoms with Gasteiger partial charge in [0.25, 0.3) is 0 Å². The van der Waals surface area contributed by atoms with Crippen molar-refractivity contribution in [2.75, 3.05) is 25.2 Å². The molecule has 130 valence electrons. The zero-order chi connectivity index (χ0) is 17.2. The number of nitrogens with one attached hydrogen (secondary N) is 1.